The van der Waals surface area contributed by atoms with Gasteiger partial charge in [-0.25, -0.2) is 9.48 Å². The second-order valence-electron chi connectivity index (χ2n) is 9.52. The molecule has 1 fully saturated rings. The van der Waals surface area contributed by atoms with Gasteiger partial charge >= 0.3 is 6.09 Å². The number of ether oxygens (including phenoxy) is 2. The molecule has 3 aromatic rings. The number of hydrogen-bond acceptors (Lipinski definition) is 5. The number of aromatic nitrogens is 2. The summed E-state index contributed by atoms with van der Waals surface area (Å²) in [6, 6.07) is 19.7. The first-order chi connectivity index (χ1) is 16.8. The van der Waals surface area contributed by atoms with Crippen LogP contribution in [-0.4, -0.2) is 63.4 Å². The molecule has 2 heterocycles. The zero-order valence-corrected chi connectivity index (χ0v) is 20.5. The van der Waals surface area contributed by atoms with Crippen LogP contribution in [0.3, 0.4) is 0 Å². The number of amides is 2. The Morgan fingerprint density at radius 1 is 0.857 bits per heavy atom. The summed E-state index contributed by atoms with van der Waals surface area (Å²) in [6.45, 7) is 7.73. The van der Waals surface area contributed by atoms with Gasteiger partial charge in [0.1, 0.15) is 11.4 Å². The van der Waals surface area contributed by atoms with Gasteiger partial charge < -0.3 is 19.3 Å². The first-order valence-electron chi connectivity index (χ1n) is 11.9. The predicted molar refractivity (Wildman–Crippen MR) is 133 cm³/mol. The first-order valence-corrected chi connectivity index (χ1v) is 11.9. The molecule has 8 nitrogen and oxygen atoms in total. The number of nitrogens with zero attached hydrogens (tertiary/aromatic N) is 4. The second-order valence-corrected chi connectivity index (χ2v) is 9.52. The smallest absolute Gasteiger partial charge is 0.410 e. The summed E-state index contributed by atoms with van der Waals surface area (Å²) in [6.07, 6.45) is 2.08. The van der Waals surface area contributed by atoms with Gasteiger partial charge in [0, 0.05) is 32.4 Å². The third-order valence-corrected chi connectivity index (χ3v) is 5.62. The molecule has 0 bridgehead atoms. The van der Waals surface area contributed by atoms with E-state index < -0.39 is 5.60 Å². The Balaban J connectivity index is 1.29. The lowest BCUT2D eigenvalue weighted by atomic mass is 10.1. The zero-order valence-electron chi connectivity index (χ0n) is 20.5. The number of carbonyl (C=O) groups is 2. The number of benzene rings is 2. The van der Waals surface area contributed by atoms with Crippen LogP contribution in [0.1, 0.15) is 37.7 Å². The molecule has 1 aliphatic rings. The minimum atomic E-state index is -0.544. The van der Waals surface area contributed by atoms with Crippen molar-refractivity contribution in [2.75, 3.05) is 26.2 Å². The number of hydrogen-bond donors (Lipinski definition) is 0. The predicted octanol–water partition coefficient (Wildman–Crippen LogP) is 4.67. The van der Waals surface area contributed by atoms with Crippen molar-refractivity contribution in [3.05, 3.63) is 72.6 Å². The number of rotatable bonds is 5. The summed E-state index contributed by atoms with van der Waals surface area (Å²) < 4.78 is 12.9. The minimum Gasteiger partial charge on any atom is -0.471 e. The highest BCUT2D eigenvalue weighted by Gasteiger charge is 2.27. The molecule has 0 radical (unpaired) electrons. The molecule has 8 heteroatoms. The molecule has 35 heavy (non-hydrogen) atoms. The quantitative estimate of drug-likeness (QED) is 0.535. The van der Waals surface area contributed by atoms with Crippen molar-refractivity contribution < 1.29 is 19.1 Å². The Morgan fingerprint density at radius 3 is 2.23 bits per heavy atom. The summed E-state index contributed by atoms with van der Waals surface area (Å²) in [5.74, 6) is 0.574. The molecule has 184 valence electrons. The van der Waals surface area contributed by atoms with Gasteiger partial charge in [-0.05, 0) is 56.5 Å². The fourth-order valence-corrected chi connectivity index (χ4v) is 3.85. The van der Waals surface area contributed by atoms with Crippen LogP contribution in [0.4, 0.5) is 4.79 Å². The van der Waals surface area contributed by atoms with E-state index in [2.05, 4.69) is 17.2 Å². The standard InChI is InChI=1S/C27H32N4O4/c1-27(2,3)35-26(33)30-16-7-15-29(18-19-30)25(32)24-14-17-31(28-24)20-34-23-12-10-22(11-13-23)21-8-5-4-6-9-21/h4-6,8-14,17H,7,15-16,18-20H2,1-3H3. The molecule has 4 rings (SSSR count). The molecule has 1 aliphatic heterocycles. The van der Waals surface area contributed by atoms with Crippen molar-refractivity contribution in [3.8, 4) is 16.9 Å². The molecule has 0 saturated carbocycles. The van der Waals surface area contributed by atoms with Crippen molar-refractivity contribution in [3.63, 3.8) is 0 Å². The average molecular weight is 477 g/mol. The van der Waals surface area contributed by atoms with Crippen LogP contribution in [0.25, 0.3) is 11.1 Å². The molecule has 1 aromatic heterocycles. The Morgan fingerprint density at radius 2 is 1.51 bits per heavy atom. The summed E-state index contributed by atoms with van der Waals surface area (Å²) in [7, 11) is 0. The maximum Gasteiger partial charge on any atom is 0.410 e. The highest BCUT2D eigenvalue weighted by Crippen LogP contribution is 2.22. The van der Waals surface area contributed by atoms with Crippen LogP contribution in [-0.2, 0) is 11.5 Å². The summed E-state index contributed by atoms with van der Waals surface area (Å²) >= 11 is 0. The van der Waals surface area contributed by atoms with Crippen LogP contribution in [0.15, 0.2) is 66.9 Å². The van der Waals surface area contributed by atoms with Gasteiger partial charge in [0.2, 0.25) is 0 Å². The Bertz CT molecular complexity index is 1140. The SMILES string of the molecule is CC(C)(C)OC(=O)N1CCCN(C(=O)c2ccn(COc3ccc(-c4ccccc4)cc3)n2)CC1. The van der Waals surface area contributed by atoms with Gasteiger partial charge in [0.25, 0.3) is 5.91 Å². The van der Waals surface area contributed by atoms with E-state index in [1.807, 2.05) is 63.2 Å². The van der Waals surface area contributed by atoms with Crippen molar-refractivity contribution >= 4 is 12.0 Å². The topological polar surface area (TPSA) is 76.9 Å². The van der Waals surface area contributed by atoms with E-state index in [1.54, 1.807) is 26.7 Å². The lowest BCUT2D eigenvalue weighted by molar-refractivity contribution is 0.0255. The van der Waals surface area contributed by atoms with Gasteiger partial charge in [0.05, 0.1) is 0 Å². The van der Waals surface area contributed by atoms with E-state index in [4.69, 9.17) is 9.47 Å². The first kappa shape index (κ1) is 24.3. The van der Waals surface area contributed by atoms with E-state index >= 15 is 0 Å². The van der Waals surface area contributed by atoms with E-state index in [0.717, 1.165) is 16.9 Å². The van der Waals surface area contributed by atoms with Crippen molar-refractivity contribution in [1.29, 1.82) is 0 Å². The Kier molecular flexibility index (Phi) is 7.39. The van der Waals surface area contributed by atoms with Gasteiger partial charge in [-0.2, -0.15) is 5.10 Å². The third-order valence-electron chi connectivity index (χ3n) is 5.62. The molecule has 0 unspecified atom stereocenters. The van der Waals surface area contributed by atoms with Crippen LogP contribution < -0.4 is 4.74 Å². The average Bonchev–Trinajstić information content (AvgIpc) is 3.18. The maximum atomic E-state index is 13.0. The molecule has 0 aliphatic carbocycles. The van der Waals surface area contributed by atoms with Gasteiger partial charge in [-0.15, -0.1) is 0 Å². The molecule has 0 N–H and O–H groups in total. The van der Waals surface area contributed by atoms with E-state index in [-0.39, 0.29) is 18.7 Å². The molecule has 0 spiro atoms. The number of carbonyl (C=O) groups excluding carboxylic acids is 2. The zero-order chi connectivity index (χ0) is 24.8. The van der Waals surface area contributed by atoms with E-state index in [9.17, 15) is 9.59 Å². The van der Waals surface area contributed by atoms with Gasteiger partial charge in [-0.3, -0.25) is 4.79 Å². The van der Waals surface area contributed by atoms with E-state index in [0.29, 0.717) is 38.3 Å². The maximum absolute atomic E-state index is 13.0. The summed E-state index contributed by atoms with van der Waals surface area (Å²) in [5, 5.41) is 4.39. The third kappa shape index (κ3) is 6.62. The van der Waals surface area contributed by atoms with Crippen molar-refractivity contribution in [2.24, 2.45) is 0 Å². The molecule has 0 atom stereocenters. The highest BCUT2D eigenvalue weighted by atomic mass is 16.6. The van der Waals surface area contributed by atoms with Crippen LogP contribution >= 0.6 is 0 Å². The summed E-state index contributed by atoms with van der Waals surface area (Å²) in [4.78, 5) is 28.8. The minimum absolute atomic E-state index is 0.151. The van der Waals surface area contributed by atoms with Crippen LogP contribution in [0.5, 0.6) is 5.75 Å². The van der Waals surface area contributed by atoms with Crippen LogP contribution in [0.2, 0.25) is 0 Å². The van der Waals surface area contributed by atoms with Gasteiger partial charge in [-0.1, -0.05) is 42.5 Å². The van der Waals surface area contributed by atoms with Gasteiger partial charge in [0.15, 0.2) is 12.4 Å². The van der Waals surface area contributed by atoms with E-state index in [1.165, 1.54) is 0 Å². The fraction of sp³-hybridized carbons (Fsp3) is 0.370. The lowest BCUT2D eigenvalue weighted by Gasteiger charge is -2.26. The normalized spacial score (nSPS) is 14.4. The Hall–Kier alpha value is -3.81. The molecule has 2 amide bonds. The largest absolute Gasteiger partial charge is 0.471 e. The summed E-state index contributed by atoms with van der Waals surface area (Å²) in [5.41, 5.74) is 2.08. The Labute approximate surface area is 206 Å². The van der Waals surface area contributed by atoms with Crippen molar-refractivity contribution in [1.82, 2.24) is 19.6 Å². The second kappa shape index (κ2) is 10.6. The fourth-order valence-electron chi connectivity index (χ4n) is 3.85. The van der Waals surface area contributed by atoms with Crippen LogP contribution in [0, 0.1) is 0 Å². The molecule has 1 saturated heterocycles. The highest BCUT2D eigenvalue weighted by molar-refractivity contribution is 5.92. The lowest BCUT2D eigenvalue weighted by Crippen LogP contribution is -2.40. The molecular weight excluding hydrogens is 444 g/mol. The monoisotopic (exact) mass is 476 g/mol. The molecule has 2 aromatic carbocycles. The van der Waals surface area contributed by atoms with Crippen molar-refractivity contribution in [2.45, 2.75) is 39.5 Å². The molecular formula is C27H32N4O4.